The van der Waals surface area contributed by atoms with Crippen molar-refractivity contribution >= 4 is 27.4 Å². The van der Waals surface area contributed by atoms with E-state index in [0.717, 1.165) is 13.1 Å². The first-order valence-corrected chi connectivity index (χ1v) is 8.25. The molecular weight excluding hydrogens is 254 g/mol. The Kier molecular flexibility index (Phi) is 2.91. The van der Waals surface area contributed by atoms with Crippen LogP contribution in [0.25, 0.3) is 10.2 Å². The van der Waals surface area contributed by atoms with Gasteiger partial charge in [-0.15, -0.1) is 11.3 Å². The predicted molar refractivity (Wildman–Crippen MR) is 80.1 cm³/mol. The van der Waals surface area contributed by atoms with Crippen LogP contribution in [0, 0.1) is 0 Å². The summed E-state index contributed by atoms with van der Waals surface area (Å²) >= 11 is 1.89. The second-order valence-corrected chi connectivity index (χ2v) is 6.72. The van der Waals surface area contributed by atoms with Gasteiger partial charge in [0.2, 0.25) is 0 Å². The van der Waals surface area contributed by atoms with E-state index in [1.807, 2.05) is 11.3 Å². The van der Waals surface area contributed by atoms with E-state index in [0.29, 0.717) is 0 Å². The number of rotatable bonds is 1. The quantitative estimate of drug-likeness (QED) is 0.795. The third-order valence-electron chi connectivity index (χ3n) is 4.39. The molecule has 0 N–H and O–H groups in total. The zero-order valence-corrected chi connectivity index (χ0v) is 12.0. The van der Waals surface area contributed by atoms with Gasteiger partial charge in [-0.05, 0) is 37.7 Å². The molecule has 3 heterocycles. The first kappa shape index (κ1) is 11.6. The summed E-state index contributed by atoms with van der Waals surface area (Å²) in [7, 11) is 0. The molecule has 0 aromatic carbocycles. The molecule has 2 aliphatic rings. The predicted octanol–water partition coefficient (Wildman–Crippen LogP) is 3.56. The number of aromatic nitrogens is 2. The van der Waals surface area contributed by atoms with Gasteiger partial charge in [0.05, 0.1) is 5.39 Å². The summed E-state index contributed by atoms with van der Waals surface area (Å²) in [6.07, 6.45) is 10.9. The maximum Gasteiger partial charge on any atom is 0.141 e. The van der Waals surface area contributed by atoms with Crippen molar-refractivity contribution in [3.05, 3.63) is 16.8 Å². The summed E-state index contributed by atoms with van der Waals surface area (Å²) in [5.74, 6) is 1.21. The van der Waals surface area contributed by atoms with Gasteiger partial charge in [-0.3, -0.25) is 0 Å². The Morgan fingerprint density at radius 2 is 1.79 bits per heavy atom. The van der Waals surface area contributed by atoms with E-state index in [1.54, 1.807) is 16.8 Å². The molecule has 4 rings (SSSR count). The zero-order chi connectivity index (χ0) is 12.7. The summed E-state index contributed by atoms with van der Waals surface area (Å²) in [4.78, 5) is 14.4. The highest BCUT2D eigenvalue weighted by atomic mass is 32.1. The number of thiophene rings is 1. The zero-order valence-electron chi connectivity index (χ0n) is 11.2. The van der Waals surface area contributed by atoms with Crippen molar-refractivity contribution in [1.82, 2.24) is 9.97 Å². The van der Waals surface area contributed by atoms with Gasteiger partial charge in [-0.2, -0.15) is 0 Å². The molecule has 3 nitrogen and oxygen atoms in total. The molecule has 2 aromatic heterocycles. The molecule has 100 valence electrons. The van der Waals surface area contributed by atoms with E-state index in [1.165, 1.54) is 61.0 Å². The van der Waals surface area contributed by atoms with Gasteiger partial charge in [0.1, 0.15) is 17.0 Å². The van der Waals surface area contributed by atoms with Crippen LogP contribution in [-0.2, 0) is 12.8 Å². The summed E-state index contributed by atoms with van der Waals surface area (Å²) in [5, 5.41) is 1.38. The van der Waals surface area contributed by atoms with E-state index < -0.39 is 0 Å². The molecule has 1 fully saturated rings. The highest BCUT2D eigenvalue weighted by Gasteiger charge is 2.23. The summed E-state index contributed by atoms with van der Waals surface area (Å²) in [6.45, 7) is 2.33. The normalized spacial score (nSPS) is 19.7. The Morgan fingerprint density at radius 3 is 2.63 bits per heavy atom. The van der Waals surface area contributed by atoms with E-state index in [9.17, 15) is 0 Å². The van der Waals surface area contributed by atoms with Crippen LogP contribution >= 0.6 is 11.3 Å². The minimum absolute atomic E-state index is 1.16. The monoisotopic (exact) mass is 273 g/mol. The molecule has 1 aliphatic carbocycles. The fraction of sp³-hybridized carbons (Fsp3) is 0.600. The highest BCUT2D eigenvalue weighted by molar-refractivity contribution is 7.19. The molecule has 0 atom stereocenters. The van der Waals surface area contributed by atoms with Crippen molar-refractivity contribution < 1.29 is 0 Å². The van der Waals surface area contributed by atoms with Gasteiger partial charge in [-0.1, -0.05) is 12.8 Å². The van der Waals surface area contributed by atoms with Crippen LogP contribution in [0.5, 0.6) is 0 Å². The Bertz CT molecular complexity index is 597. The molecule has 0 saturated carbocycles. The minimum Gasteiger partial charge on any atom is -0.356 e. The highest BCUT2D eigenvalue weighted by Crippen LogP contribution is 2.40. The van der Waals surface area contributed by atoms with Crippen molar-refractivity contribution in [2.45, 2.75) is 44.9 Å². The molecule has 2 aromatic rings. The van der Waals surface area contributed by atoms with Crippen molar-refractivity contribution in [2.24, 2.45) is 0 Å². The van der Waals surface area contributed by atoms with E-state index in [2.05, 4.69) is 14.9 Å². The van der Waals surface area contributed by atoms with Gasteiger partial charge in [0.15, 0.2) is 0 Å². The average molecular weight is 273 g/mol. The van der Waals surface area contributed by atoms with Gasteiger partial charge in [-0.25, -0.2) is 9.97 Å². The van der Waals surface area contributed by atoms with Crippen LogP contribution in [0.1, 0.15) is 42.5 Å². The number of aryl methyl sites for hydroxylation is 2. The van der Waals surface area contributed by atoms with E-state index >= 15 is 0 Å². The molecule has 19 heavy (non-hydrogen) atoms. The largest absolute Gasteiger partial charge is 0.356 e. The third-order valence-corrected chi connectivity index (χ3v) is 5.59. The van der Waals surface area contributed by atoms with E-state index in [-0.39, 0.29) is 0 Å². The van der Waals surface area contributed by atoms with Crippen molar-refractivity contribution in [2.75, 3.05) is 18.0 Å². The second kappa shape index (κ2) is 4.75. The van der Waals surface area contributed by atoms with Crippen molar-refractivity contribution in [1.29, 1.82) is 0 Å². The molecule has 0 unspecified atom stereocenters. The smallest absolute Gasteiger partial charge is 0.141 e. The fourth-order valence-corrected chi connectivity index (χ4v) is 4.66. The lowest BCUT2D eigenvalue weighted by molar-refractivity contribution is 0.726. The second-order valence-electron chi connectivity index (χ2n) is 5.64. The van der Waals surface area contributed by atoms with Gasteiger partial charge in [0, 0.05) is 18.0 Å². The number of hydrogen-bond acceptors (Lipinski definition) is 4. The lowest BCUT2D eigenvalue weighted by Gasteiger charge is -2.22. The molecule has 4 heteroatoms. The molecule has 1 saturated heterocycles. The van der Waals surface area contributed by atoms with Crippen LogP contribution < -0.4 is 4.90 Å². The van der Waals surface area contributed by atoms with Crippen LogP contribution in [0.4, 0.5) is 5.82 Å². The number of nitrogens with zero attached hydrogens (tertiary/aromatic N) is 3. The van der Waals surface area contributed by atoms with Gasteiger partial charge >= 0.3 is 0 Å². The number of anilines is 1. The van der Waals surface area contributed by atoms with Crippen LogP contribution in [-0.4, -0.2) is 23.1 Å². The maximum atomic E-state index is 4.64. The van der Waals surface area contributed by atoms with Crippen LogP contribution in [0.15, 0.2) is 6.33 Å². The molecule has 1 aliphatic heterocycles. The standard InChI is InChI=1S/C15H19N3S/c1-2-4-9-18(8-3-1)14-13-11-6-5-7-12(11)19-15(13)17-10-16-14/h10H,1-9H2. The Hall–Kier alpha value is -1.16. The molecule has 0 radical (unpaired) electrons. The van der Waals surface area contributed by atoms with Crippen molar-refractivity contribution in [3.8, 4) is 0 Å². The van der Waals surface area contributed by atoms with Gasteiger partial charge in [0.25, 0.3) is 0 Å². The number of fused-ring (bicyclic) bond motifs is 3. The van der Waals surface area contributed by atoms with Gasteiger partial charge < -0.3 is 4.90 Å². The lowest BCUT2D eigenvalue weighted by Crippen LogP contribution is -2.25. The van der Waals surface area contributed by atoms with Crippen molar-refractivity contribution in [3.63, 3.8) is 0 Å². The average Bonchev–Trinajstić information content (AvgIpc) is 2.89. The van der Waals surface area contributed by atoms with E-state index in [4.69, 9.17) is 0 Å². The van der Waals surface area contributed by atoms with Crippen LogP contribution in [0.2, 0.25) is 0 Å². The minimum atomic E-state index is 1.16. The molecular formula is C15H19N3S. The molecule has 0 bridgehead atoms. The topological polar surface area (TPSA) is 29.0 Å². The Balaban J connectivity index is 1.84. The fourth-order valence-electron chi connectivity index (χ4n) is 3.43. The molecule has 0 spiro atoms. The Morgan fingerprint density at radius 1 is 0.947 bits per heavy atom. The summed E-state index contributed by atoms with van der Waals surface area (Å²) in [6, 6.07) is 0. The summed E-state index contributed by atoms with van der Waals surface area (Å²) in [5.41, 5.74) is 1.56. The maximum absolute atomic E-state index is 4.64. The first-order chi connectivity index (χ1) is 9.43. The SMILES string of the molecule is c1nc(N2CCCCCC2)c2c3c(sc2n1)CCC3. The van der Waals surface area contributed by atoms with Crippen LogP contribution in [0.3, 0.4) is 0 Å². The third kappa shape index (κ3) is 1.93. The lowest BCUT2D eigenvalue weighted by atomic mass is 10.2. The first-order valence-electron chi connectivity index (χ1n) is 7.44. The Labute approximate surface area is 117 Å². The number of hydrogen-bond donors (Lipinski definition) is 0. The molecule has 0 amide bonds. The summed E-state index contributed by atoms with van der Waals surface area (Å²) < 4.78 is 0.